The Balaban J connectivity index is 2.55. The molecule has 1 aromatic rings. The fourth-order valence-electron chi connectivity index (χ4n) is 0.935. The monoisotopic (exact) mass is 221 g/mol. The number of benzene rings is 1. The normalized spacial score (nSPS) is 10.1. The van der Waals surface area contributed by atoms with Gasteiger partial charge in [-0.3, -0.25) is 9.59 Å². The topological polar surface area (TPSA) is 90.8 Å². The number of phenols is 1. The van der Waals surface area contributed by atoms with Crippen molar-refractivity contribution in [3.05, 3.63) is 29.8 Å². The van der Waals surface area contributed by atoms with Crippen molar-refractivity contribution in [3.8, 4) is 5.75 Å². The number of rotatable bonds is 2. The Labute approximate surface area is 92.0 Å². The first-order valence-electron chi connectivity index (χ1n) is 4.47. The van der Waals surface area contributed by atoms with E-state index < -0.39 is 11.8 Å². The van der Waals surface area contributed by atoms with Crippen LogP contribution >= 0.6 is 0 Å². The van der Waals surface area contributed by atoms with Crippen LogP contribution in [0.3, 0.4) is 0 Å². The van der Waals surface area contributed by atoms with E-state index >= 15 is 0 Å². The van der Waals surface area contributed by atoms with Gasteiger partial charge in [0.25, 0.3) is 0 Å². The molecule has 6 heteroatoms. The van der Waals surface area contributed by atoms with Crippen LogP contribution in [0.25, 0.3) is 0 Å². The van der Waals surface area contributed by atoms with Crippen molar-refractivity contribution in [3.63, 3.8) is 0 Å². The van der Waals surface area contributed by atoms with Crippen molar-refractivity contribution in [2.75, 3.05) is 7.05 Å². The molecule has 1 rings (SSSR count). The molecule has 0 unspecified atom stereocenters. The van der Waals surface area contributed by atoms with E-state index in [2.05, 4.69) is 10.4 Å². The largest absolute Gasteiger partial charge is 0.508 e. The number of nitrogens with zero attached hydrogens (tertiary/aromatic N) is 1. The Hall–Kier alpha value is -2.37. The summed E-state index contributed by atoms with van der Waals surface area (Å²) in [5.41, 5.74) is 2.65. The maximum atomic E-state index is 10.9. The molecule has 0 aliphatic heterocycles. The maximum Gasteiger partial charge on any atom is 0.329 e. The molecule has 0 fully saturated rings. The van der Waals surface area contributed by atoms with Crippen LogP contribution in [0.15, 0.2) is 29.4 Å². The third-order valence-electron chi connectivity index (χ3n) is 1.68. The molecule has 3 N–H and O–H groups in total. The zero-order valence-corrected chi connectivity index (χ0v) is 8.60. The van der Waals surface area contributed by atoms with Crippen molar-refractivity contribution >= 4 is 18.0 Å². The molecule has 6 nitrogen and oxygen atoms in total. The van der Waals surface area contributed by atoms with Gasteiger partial charge in [0.1, 0.15) is 5.75 Å². The summed E-state index contributed by atoms with van der Waals surface area (Å²) in [7, 11) is 1.35. The minimum atomic E-state index is -0.848. The molecule has 2 amide bonds. The number of hydrogen-bond donors (Lipinski definition) is 3. The Morgan fingerprint density at radius 2 is 2.12 bits per heavy atom. The zero-order chi connectivity index (χ0) is 12.0. The highest BCUT2D eigenvalue weighted by atomic mass is 16.3. The van der Waals surface area contributed by atoms with E-state index in [0.29, 0.717) is 5.56 Å². The third kappa shape index (κ3) is 3.41. The van der Waals surface area contributed by atoms with Crippen molar-refractivity contribution in [2.45, 2.75) is 0 Å². The number of amides is 2. The van der Waals surface area contributed by atoms with Gasteiger partial charge in [-0.1, -0.05) is 12.1 Å². The zero-order valence-electron chi connectivity index (χ0n) is 8.60. The number of aromatic hydroxyl groups is 1. The van der Waals surface area contributed by atoms with Gasteiger partial charge < -0.3 is 10.4 Å². The first kappa shape index (κ1) is 11.7. The lowest BCUT2D eigenvalue weighted by Crippen LogP contribution is -2.35. The summed E-state index contributed by atoms with van der Waals surface area (Å²) in [6.07, 6.45) is 1.32. The molecule has 84 valence electrons. The van der Waals surface area contributed by atoms with Gasteiger partial charge in [-0.05, 0) is 17.7 Å². The molecule has 0 saturated carbocycles. The number of hydrogen-bond acceptors (Lipinski definition) is 4. The summed E-state index contributed by atoms with van der Waals surface area (Å²) in [5.74, 6) is -1.52. The van der Waals surface area contributed by atoms with Gasteiger partial charge in [-0.15, -0.1) is 0 Å². The highest BCUT2D eigenvalue weighted by Gasteiger charge is 2.08. The number of hydrazone groups is 1. The summed E-state index contributed by atoms with van der Waals surface area (Å²) in [6.45, 7) is 0. The number of carbonyl (C=O) groups is 2. The molecule has 16 heavy (non-hydrogen) atoms. The van der Waals surface area contributed by atoms with Gasteiger partial charge in [0, 0.05) is 7.05 Å². The molecule has 0 bridgehead atoms. The number of carbonyl (C=O) groups excluding carboxylic acids is 2. The summed E-state index contributed by atoms with van der Waals surface area (Å²) < 4.78 is 0. The van der Waals surface area contributed by atoms with Crippen LogP contribution in [0.4, 0.5) is 0 Å². The lowest BCUT2D eigenvalue weighted by Gasteiger charge is -1.97. The van der Waals surface area contributed by atoms with Gasteiger partial charge in [-0.25, -0.2) is 5.43 Å². The summed E-state index contributed by atoms with van der Waals surface area (Å²) in [5, 5.41) is 14.8. The van der Waals surface area contributed by atoms with Crippen LogP contribution < -0.4 is 10.7 Å². The Morgan fingerprint density at radius 3 is 2.75 bits per heavy atom. The average Bonchev–Trinajstić information content (AvgIpc) is 2.28. The van der Waals surface area contributed by atoms with E-state index in [1.165, 1.54) is 25.4 Å². The lowest BCUT2D eigenvalue weighted by molar-refractivity contribution is -0.138. The van der Waals surface area contributed by atoms with Crippen molar-refractivity contribution in [1.82, 2.24) is 10.7 Å². The molecule has 1 aromatic carbocycles. The number of likely N-dealkylation sites (N-methyl/N-ethyl adjacent to an activating group) is 1. The van der Waals surface area contributed by atoms with E-state index in [1.807, 2.05) is 5.43 Å². The predicted octanol–water partition coefficient (Wildman–Crippen LogP) is -0.412. The molecule has 0 aromatic heterocycles. The van der Waals surface area contributed by atoms with Crippen LogP contribution in [-0.2, 0) is 9.59 Å². The minimum Gasteiger partial charge on any atom is -0.508 e. The molecule has 0 aliphatic carbocycles. The predicted molar refractivity (Wildman–Crippen MR) is 57.9 cm³/mol. The highest BCUT2D eigenvalue weighted by Crippen LogP contribution is 2.08. The van der Waals surface area contributed by atoms with Crippen molar-refractivity contribution < 1.29 is 14.7 Å². The molecule has 0 spiro atoms. The highest BCUT2D eigenvalue weighted by molar-refractivity contribution is 6.34. The quantitative estimate of drug-likeness (QED) is 0.360. The number of phenolic OH excluding ortho intramolecular Hbond substituents is 1. The molecular weight excluding hydrogens is 210 g/mol. The van der Waals surface area contributed by atoms with Crippen LogP contribution in [0, 0.1) is 0 Å². The van der Waals surface area contributed by atoms with Crippen LogP contribution in [-0.4, -0.2) is 30.2 Å². The molecule has 0 heterocycles. The summed E-state index contributed by atoms with van der Waals surface area (Å²) in [4.78, 5) is 21.7. The smallest absolute Gasteiger partial charge is 0.329 e. The Kier molecular flexibility index (Phi) is 4.02. The van der Waals surface area contributed by atoms with Crippen molar-refractivity contribution in [1.29, 1.82) is 0 Å². The van der Waals surface area contributed by atoms with Gasteiger partial charge in [-0.2, -0.15) is 5.10 Å². The van der Waals surface area contributed by atoms with Gasteiger partial charge in [0.2, 0.25) is 0 Å². The maximum absolute atomic E-state index is 10.9. The fraction of sp³-hybridized carbons (Fsp3) is 0.100. The van der Waals surface area contributed by atoms with E-state index in [9.17, 15) is 9.59 Å². The molecule has 0 radical (unpaired) electrons. The molecule has 0 saturated heterocycles. The van der Waals surface area contributed by atoms with Gasteiger partial charge in [0.15, 0.2) is 0 Å². The lowest BCUT2D eigenvalue weighted by atomic mass is 10.2. The van der Waals surface area contributed by atoms with E-state index in [0.717, 1.165) is 0 Å². The number of nitrogens with one attached hydrogen (secondary N) is 2. The first-order valence-corrected chi connectivity index (χ1v) is 4.47. The van der Waals surface area contributed by atoms with Gasteiger partial charge >= 0.3 is 11.8 Å². The second kappa shape index (κ2) is 5.50. The SMILES string of the molecule is CNC(=O)C(=O)N/N=C\c1cccc(O)c1. The Morgan fingerprint density at radius 1 is 1.38 bits per heavy atom. The summed E-state index contributed by atoms with van der Waals surface area (Å²) >= 11 is 0. The average molecular weight is 221 g/mol. The van der Waals surface area contributed by atoms with Gasteiger partial charge in [0.05, 0.1) is 6.21 Å². The standard InChI is InChI=1S/C10H11N3O3/c1-11-9(15)10(16)13-12-6-7-3-2-4-8(14)5-7/h2-6,14H,1H3,(H,11,15)(H,13,16)/b12-6-. The molecule has 0 aliphatic rings. The second-order valence-corrected chi connectivity index (χ2v) is 2.87. The first-order chi connectivity index (χ1) is 7.63. The second-order valence-electron chi connectivity index (χ2n) is 2.87. The molecule has 0 atom stereocenters. The van der Waals surface area contributed by atoms with Crippen LogP contribution in [0.1, 0.15) is 5.56 Å². The van der Waals surface area contributed by atoms with E-state index in [1.54, 1.807) is 12.1 Å². The molecular formula is C10H11N3O3. The summed E-state index contributed by atoms with van der Waals surface area (Å²) in [6, 6.07) is 6.31. The van der Waals surface area contributed by atoms with E-state index in [-0.39, 0.29) is 5.75 Å². The fourth-order valence-corrected chi connectivity index (χ4v) is 0.935. The van der Waals surface area contributed by atoms with Crippen LogP contribution in [0.5, 0.6) is 5.75 Å². The van der Waals surface area contributed by atoms with E-state index in [4.69, 9.17) is 5.11 Å². The third-order valence-corrected chi connectivity index (χ3v) is 1.68. The minimum absolute atomic E-state index is 0.0987. The Bertz CT molecular complexity index is 429. The van der Waals surface area contributed by atoms with Crippen molar-refractivity contribution in [2.24, 2.45) is 5.10 Å². The van der Waals surface area contributed by atoms with Crippen LogP contribution in [0.2, 0.25) is 0 Å².